The number of aryl methyl sites for hydroxylation is 1. The molecule has 0 aliphatic carbocycles. The fraction of sp³-hybridized carbons (Fsp3) is 0.467. The lowest BCUT2D eigenvalue weighted by Gasteiger charge is -2.19. The van der Waals surface area contributed by atoms with Crippen molar-refractivity contribution < 1.29 is 0 Å². The smallest absolute Gasteiger partial charge is 0.186 e. The molecule has 2 rings (SSSR count). The third kappa shape index (κ3) is 3.17. The molecular formula is C15H22N4O. The highest BCUT2D eigenvalue weighted by molar-refractivity contribution is 5.22. The molecule has 0 fully saturated rings. The van der Waals surface area contributed by atoms with Crippen molar-refractivity contribution >= 4 is 0 Å². The van der Waals surface area contributed by atoms with Gasteiger partial charge in [0.25, 0.3) is 0 Å². The summed E-state index contributed by atoms with van der Waals surface area (Å²) < 4.78 is 2.11. The summed E-state index contributed by atoms with van der Waals surface area (Å²) in [4.78, 5) is 19.5. The molecule has 20 heavy (non-hydrogen) atoms. The third-order valence-corrected chi connectivity index (χ3v) is 3.23. The van der Waals surface area contributed by atoms with Crippen LogP contribution >= 0.6 is 0 Å². The highest BCUT2D eigenvalue weighted by Gasteiger charge is 2.20. The number of aromatic amines is 1. The Hall–Kier alpha value is -1.88. The Labute approximate surface area is 119 Å². The molecule has 1 atom stereocenters. The molecule has 0 aliphatic rings. The van der Waals surface area contributed by atoms with Crippen LogP contribution < -0.4 is 10.7 Å². The second-order valence-electron chi connectivity index (χ2n) is 4.83. The molecule has 2 N–H and O–H groups in total. The van der Waals surface area contributed by atoms with E-state index in [1.807, 2.05) is 6.20 Å². The van der Waals surface area contributed by atoms with Crippen molar-refractivity contribution in [3.8, 4) is 0 Å². The van der Waals surface area contributed by atoms with E-state index in [0.717, 1.165) is 31.8 Å². The van der Waals surface area contributed by atoms with Gasteiger partial charge in [-0.3, -0.25) is 4.79 Å². The lowest BCUT2D eigenvalue weighted by Crippen LogP contribution is -2.30. The summed E-state index contributed by atoms with van der Waals surface area (Å²) in [6, 6.07) is 1.39. The van der Waals surface area contributed by atoms with Crippen LogP contribution in [0.5, 0.6) is 0 Å². The fourth-order valence-corrected chi connectivity index (χ4v) is 2.29. The summed E-state index contributed by atoms with van der Waals surface area (Å²) in [5.74, 6) is 0.900. The number of aromatic nitrogens is 3. The number of rotatable bonds is 7. The number of imidazole rings is 1. The third-order valence-electron chi connectivity index (χ3n) is 3.23. The second-order valence-corrected chi connectivity index (χ2v) is 4.83. The van der Waals surface area contributed by atoms with Gasteiger partial charge in [0.2, 0.25) is 0 Å². The molecular weight excluding hydrogens is 252 g/mol. The predicted octanol–water partition coefficient (Wildman–Crippen LogP) is 2.07. The van der Waals surface area contributed by atoms with Crippen molar-refractivity contribution in [1.82, 2.24) is 19.9 Å². The SMILES string of the molecule is CCCNC(c1c[nH]ccc1=O)c1nccn1CCC. The molecule has 0 spiro atoms. The average molecular weight is 274 g/mol. The normalized spacial score (nSPS) is 12.5. The summed E-state index contributed by atoms with van der Waals surface area (Å²) in [6.07, 6.45) is 9.23. The first-order valence-electron chi connectivity index (χ1n) is 7.19. The minimum absolute atomic E-state index is 0.0309. The molecule has 0 radical (unpaired) electrons. The van der Waals surface area contributed by atoms with Crippen molar-refractivity contribution in [2.75, 3.05) is 6.54 Å². The monoisotopic (exact) mass is 274 g/mol. The number of hydrogen-bond acceptors (Lipinski definition) is 3. The summed E-state index contributed by atoms with van der Waals surface area (Å²) in [7, 11) is 0. The Bertz CT molecular complexity index is 587. The van der Waals surface area contributed by atoms with E-state index >= 15 is 0 Å². The molecule has 0 saturated heterocycles. The van der Waals surface area contributed by atoms with E-state index < -0.39 is 0 Å². The van der Waals surface area contributed by atoms with Gasteiger partial charge in [0, 0.05) is 43.0 Å². The highest BCUT2D eigenvalue weighted by atomic mass is 16.1. The first-order valence-corrected chi connectivity index (χ1v) is 7.19. The van der Waals surface area contributed by atoms with Gasteiger partial charge in [-0.05, 0) is 19.4 Å². The lowest BCUT2D eigenvalue weighted by molar-refractivity contribution is 0.527. The van der Waals surface area contributed by atoms with Gasteiger partial charge in [0.05, 0.1) is 6.04 Å². The van der Waals surface area contributed by atoms with Gasteiger partial charge < -0.3 is 14.9 Å². The van der Waals surface area contributed by atoms with Gasteiger partial charge in [-0.2, -0.15) is 0 Å². The molecule has 2 heterocycles. The van der Waals surface area contributed by atoms with Crippen molar-refractivity contribution in [2.45, 2.75) is 39.3 Å². The van der Waals surface area contributed by atoms with Crippen LogP contribution in [0.2, 0.25) is 0 Å². The van der Waals surface area contributed by atoms with Gasteiger partial charge in [0.15, 0.2) is 5.43 Å². The van der Waals surface area contributed by atoms with E-state index in [4.69, 9.17) is 0 Å². The first-order chi connectivity index (χ1) is 9.77. The largest absolute Gasteiger partial charge is 0.367 e. The zero-order valence-electron chi connectivity index (χ0n) is 12.1. The van der Waals surface area contributed by atoms with Crippen LogP contribution in [0.1, 0.15) is 44.1 Å². The van der Waals surface area contributed by atoms with Crippen LogP contribution in [0.4, 0.5) is 0 Å². The molecule has 0 amide bonds. The number of hydrogen-bond donors (Lipinski definition) is 2. The zero-order chi connectivity index (χ0) is 14.4. The van der Waals surface area contributed by atoms with Crippen LogP contribution in [-0.4, -0.2) is 21.1 Å². The molecule has 108 valence electrons. The molecule has 0 bridgehead atoms. The second kappa shape index (κ2) is 7.05. The van der Waals surface area contributed by atoms with Gasteiger partial charge in [-0.15, -0.1) is 0 Å². The maximum atomic E-state index is 12.1. The quantitative estimate of drug-likeness (QED) is 0.812. The Morgan fingerprint density at radius 2 is 2.25 bits per heavy atom. The van der Waals surface area contributed by atoms with Crippen LogP contribution in [0.3, 0.4) is 0 Å². The lowest BCUT2D eigenvalue weighted by atomic mass is 10.1. The van der Waals surface area contributed by atoms with Crippen molar-refractivity contribution in [2.24, 2.45) is 0 Å². The fourth-order valence-electron chi connectivity index (χ4n) is 2.29. The minimum atomic E-state index is -0.165. The summed E-state index contributed by atoms with van der Waals surface area (Å²) in [6.45, 7) is 5.99. The van der Waals surface area contributed by atoms with Crippen LogP contribution in [0.25, 0.3) is 0 Å². The van der Waals surface area contributed by atoms with E-state index in [0.29, 0.717) is 5.56 Å². The zero-order valence-corrected chi connectivity index (χ0v) is 12.1. The highest BCUT2D eigenvalue weighted by Crippen LogP contribution is 2.17. The van der Waals surface area contributed by atoms with Crippen molar-refractivity contribution in [3.05, 3.63) is 52.5 Å². The standard InChI is InChI=1S/C15H22N4O/c1-3-6-17-14(12-11-16-7-5-13(12)20)15-18-8-10-19(15)9-4-2/h5,7-8,10-11,14,17H,3-4,6,9H2,1-2H3,(H,16,20). The Kier molecular flexibility index (Phi) is 5.12. The summed E-state index contributed by atoms with van der Waals surface area (Å²) >= 11 is 0. The summed E-state index contributed by atoms with van der Waals surface area (Å²) in [5.41, 5.74) is 0.743. The van der Waals surface area contributed by atoms with Crippen LogP contribution in [0, 0.1) is 0 Å². The first kappa shape index (κ1) is 14.5. The van der Waals surface area contributed by atoms with Crippen LogP contribution in [-0.2, 0) is 6.54 Å². The van der Waals surface area contributed by atoms with Gasteiger partial charge in [0.1, 0.15) is 5.82 Å². The van der Waals surface area contributed by atoms with Gasteiger partial charge in [-0.25, -0.2) is 4.98 Å². The van der Waals surface area contributed by atoms with Crippen molar-refractivity contribution in [1.29, 1.82) is 0 Å². The molecule has 2 aromatic rings. The number of nitrogens with one attached hydrogen (secondary N) is 2. The topological polar surface area (TPSA) is 62.7 Å². The Balaban J connectivity index is 2.39. The van der Waals surface area contributed by atoms with E-state index in [9.17, 15) is 4.79 Å². The molecule has 5 nitrogen and oxygen atoms in total. The molecule has 5 heteroatoms. The molecule has 2 aromatic heterocycles. The van der Waals surface area contributed by atoms with E-state index in [1.54, 1.807) is 24.7 Å². The molecule has 0 saturated carbocycles. The number of pyridine rings is 1. The van der Waals surface area contributed by atoms with Gasteiger partial charge >= 0.3 is 0 Å². The van der Waals surface area contributed by atoms with E-state index in [-0.39, 0.29) is 11.5 Å². The maximum Gasteiger partial charge on any atom is 0.186 e. The van der Waals surface area contributed by atoms with E-state index in [1.165, 1.54) is 0 Å². The number of nitrogens with zero attached hydrogens (tertiary/aromatic N) is 2. The predicted molar refractivity (Wildman–Crippen MR) is 79.7 cm³/mol. The van der Waals surface area contributed by atoms with Gasteiger partial charge in [-0.1, -0.05) is 13.8 Å². The number of H-pyrrole nitrogens is 1. The maximum absolute atomic E-state index is 12.1. The van der Waals surface area contributed by atoms with Crippen LogP contribution in [0.15, 0.2) is 35.6 Å². The molecule has 1 unspecified atom stereocenters. The average Bonchev–Trinajstić information content (AvgIpc) is 2.90. The Morgan fingerprint density at radius 1 is 1.40 bits per heavy atom. The summed E-state index contributed by atoms with van der Waals surface area (Å²) in [5, 5.41) is 3.42. The van der Waals surface area contributed by atoms with Crippen molar-refractivity contribution in [3.63, 3.8) is 0 Å². The molecule has 0 aliphatic heterocycles. The minimum Gasteiger partial charge on any atom is -0.367 e. The Morgan fingerprint density at radius 3 is 2.95 bits per heavy atom. The molecule has 0 aromatic carbocycles. The van der Waals surface area contributed by atoms with E-state index in [2.05, 4.69) is 33.7 Å².